The number of nitrogens with one attached hydrogen (secondary N) is 1. The minimum Gasteiger partial charge on any atom is -0.265 e. The predicted octanol–water partition coefficient (Wildman–Crippen LogP) is 1.67. The standard InChI is InChI=1S/C9H9N3/c1-7-11-9-5-3-2-4-8(9)6-10-12-7/h2-6H,1H3,(H,11,12). The van der Waals surface area contributed by atoms with Gasteiger partial charge >= 0.3 is 0 Å². The summed E-state index contributed by atoms with van der Waals surface area (Å²) < 4.78 is 0. The minimum absolute atomic E-state index is 0.816. The topological polar surface area (TPSA) is 36.8 Å². The van der Waals surface area contributed by atoms with Crippen molar-refractivity contribution in [3.63, 3.8) is 0 Å². The highest BCUT2D eigenvalue weighted by Crippen LogP contribution is 2.17. The van der Waals surface area contributed by atoms with E-state index in [-0.39, 0.29) is 0 Å². The van der Waals surface area contributed by atoms with Gasteiger partial charge in [0.15, 0.2) is 0 Å². The molecule has 1 aromatic carbocycles. The Hall–Kier alpha value is -1.64. The molecule has 0 radical (unpaired) electrons. The summed E-state index contributed by atoms with van der Waals surface area (Å²) in [5.41, 5.74) is 4.82. The van der Waals surface area contributed by atoms with Crippen molar-refractivity contribution in [3.8, 4) is 0 Å². The molecule has 0 aromatic heterocycles. The molecule has 0 fully saturated rings. The molecule has 60 valence electrons. The quantitative estimate of drug-likeness (QED) is 0.614. The van der Waals surface area contributed by atoms with Gasteiger partial charge in [0, 0.05) is 5.56 Å². The van der Waals surface area contributed by atoms with Gasteiger partial charge in [-0.25, -0.2) is 4.99 Å². The monoisotopic (exact) mass is 159 g/mol. The summed E-state index contributed by atoms with van der Waals surface area (Å²) in [5, 5.41) is 3.99. The third kappa shape index (κ3) is 1.21. The number of aliphatic imine (C=N–C) groups is 1. The lowest BCUT2D eigenvalue weighted by Gasteiger charge is -1.96. The Balaban J connectivity index is 2.58. The molecular weight excluding hydrogens is 150 g/mol. The molecule has 3 nitrogen and oxygen atoms in total. The summed E-state index contributed by atoms with van der Waals surface area (Å²) >= 11 is 0. The Bertz CT molecular complexity index is 353. The molecule has 0 bridgehead atoms. The fourth-order valence-electron chi connectivity index (χ4n) is 1.10. The second-order valence-corrected chi connectivity index (χ2v) is 2.63. The zero-order chi connectivity index (χ0) is 8.39. The van der Waals surface area contributed by atoms with Crippen LogP contribution in [-0.2, 0) is 0 Å². The molecule has 0 unspecified atom stereocenters. The highest BCUT2D eigenvalue weighted by atomic mass is 15.3. The lowest BCUT2D eigenvalue weighted by molar-refractivity contribution is 1.03. The fraction of sp³-hybridized carbons (Fsp3) is 0.111. The summed E-state index contributed by atoms with van der Waals surface area (Å²) in [5.74, 6) is 0.816. The minimum atomic E-state index is 0.816. The smallest absolute Gasteiger partial charge is 0.119 e. The van der Waals surface area contributed by atoms with Gasteiger partial charge in [-0.3, -0.25) is 5.43 Å². The van der Waals surface area contributed by atoms with Crippen LogP contribution < -0.4 is 5.43 Å². The van der Waals surface area contributed by atoms with Crippen molar-refractivity contribution in [2.45, 2.75) is 6.92 Å². The van der Waals surface area contributed by atoms with Gasteiger partial charge in [0.2, 0.25) is 0 Å². The number of fused-ring (bicyclic) bond motifs is 1. The Labute approximate surface area is 70.8 Å². The largest absolute Gasteiger partial charge is 0.265 e. The molecule has 1 aliphatic heterocycles. The first-order valence-electron chi connectivity index (χ1n) is 3.80. The first-order chi connectivity index (χ1) is 5.86. The number of hydrazone groups is 1. The van der Waals surface area contributed by atoms with Crippen molar-refractivity contribution in [1.29, 1.82) is 0 Å². The maximum absolute atomic E-state index is 4.32. The molecule has 0 spiro atoms. The van der Waals surface area contributed by atoms with Crippen LogP contribution in [-0.4, -0.2) is 12.1 Å². The van der Waals surface area contributed by atoms with E-state index in [0.29, 0.717) is 0 Å². The summed E-state index contributed by atoms with van der Waals surface area (Å²) in [6.45, 7) is 1.89. The number of benzene rings is 1. The molecule has 0 amide bonds. The summed E-state index contributed by atoms with van der Waals surface area (Å²) in [4.78, 5) is 4.32. The summed E-state index contributed by atoms with van der Waals surface area (Å²) in [6.07, 6.45) is 1.77. The number of nitrogens with zero attached hydrogens (tertiary/aromatic N) is 2. The molecule has 0 saturated carbocycles. The molecule has 2 rings (SSSR count). The van der Waals surface area contributed by atoms with Crippen LogP contribution in [0.3, 0.4) is 0 Å². The Morgan fingerprint density at radius 2 is 2.08 bits per heavy atom. The van der Waals surface area contributed by atoms with Gasteiger partial charge in [0.1, 0.15) is 5.84 Å². The van der Waals surface area contributed by atoms with Crippen LogP contribution in [0.4, 0.5) is 5.69 Å². The number of hydrogen-bond acceptors (Lipinski definition) is 3. The molecule has 0 saturated heterocycles. The van der Waals surface area contributed by atoms with Gasteiger partial charge in [0.05, 0.1) is 11.9 Å². The molecule has 1 N–H and O–H groups in total. The summed E-state index contributed by atoms with van der Waals surface area (Å²) in [7, 11) is 0. The van der Waals surface area contributed by atoms with Crippen LogP contribution in [0.1, 0.15) is 12.5 Å². The zero-order valence-corrected chi connectivity index (χ0v) is 6.78. The second-order valence-electron chi connectivity index (χ2n) is 2.63. The molecular formula is C9H9N3. The van der Waals surface area contributed by atoms with Crippen LogP contribution in [0.15, 0.2) is 34.4 Å². The van der Waals surface area contributed by atoms with E-state index < -0.39 is 0 Å². The van der Waals surface area contributed by atoms with Crippen molar-refractivity contribution in [1.82, 2.24) is 5.43 Å². The highest BCUT2D eigenvalue weighted by Gasteiger charge is 2.00. The molecule has 1 aliphatic rings. The molecule has 1 aromatic rings. The zero-order valence-electron chi connectivity index (χ0n) is 6.78. The first-order valence-corrected chi connectivity index (χ1v) is 3.80. The van der Waals surface area contributed by atoms with E-state index in [0.717, 1.165) is 17.1 Å². The normalized spacial score (nSPS) is 14.2. The first kappa shape index (κ1) is 7.03. The number of para-hydroxylation sites is 1. The van der Waals surface area contributed by atoms with Gasteiger partial charge in [-0.05, 0) is 13.0 Å². The fourth-order valence-corrected chi connectivity index (χ4v) is 1.10. The van der Waals surface area contributed by atoms with Crippen LogP contribution in [0, 0.1) is 0 Å². The van der Waals surface area contributed by atoms with Crippen LogP contribution >= 0.6 is 0 Å². The van der Waals surface area contributed by atoms with E-state index in [1.807, 2.05) is 31.2 Å². The van der Waals surface area contributed by atoms with E-state index in [9.17, 15) is 0 Å². The van der Waals surface area contributed by atoms with Gasteiger partial charge < -0.3 is 0 Å². The average Bonchev–Trinajstić information content (AvgIpc) is 2.25. The third-order valence-electron chi connectivity index (χ3n) is 1.65. The van der Waals surface area contributed by atoms with E-state index >= 15 is 0 Å². The Morgan fingerprint density at radius 3 is 3.00 bits per heavy atom. The van der Waals surface area contributed by atoms with E-state index in [2.05, 4.69) is 15.5 Å². The SMILES string of the molecule is CC1=Nc2ccccc2C=NN1. The van der Waals surface area contributed by atoms with E-state index in [1.54, 1.807) is 6.21 Å². The number of rotatable bonds is 0. The van der Waals surface area contributed by atoms with E-state index in [4.69, 9.17) is 0 Å². The van der Waals surface area contributed by atoms with Crippen LogP contribution in [0.25, 0.3) is 0 Å². The van der Waals surface area contributed by atoms with Crippen molar-refractivity contribution in [2.75, 3.05) is 0 Å². The Kier molecular flexibility index (Phi) is 1.63. The Morgan fingerprint density at radius 1 is 1.25 bits per heavy atom. The van der Waals surface area contributed by atoms with E-state index in [1.165, 1.54) is 0 Å². The number of hydrogen-bond donors (Lipinski definition) is 1. The molecule has 0 aliphatic carbocycles. The second kappa shape index (κ2) is 2.77. The van der Waals surface area contributed by atoms with Crippen molar-refractivity contribution in [3.05, 3.63) is 29.8 Å². The molecule has 12 heavy (non-hydrogen) atoms. The van der Waals surface area contributed by atoms with Gasteiger partial charge in [-0.2, -0.15) is 5.10 Å². The lowest BCUT2D eigenvalue weighted by Crippen LogP contribution is -2.11. The average molecular weight is 159 g/mol. The van der Waals surface area contributed by atoms with Gasteiger partial charge in [-0.1, -0.05) is 18.2 Å². The van der Waals surface area contributed by atoms with Crippen molar-refractivity contribution >= 4 is 17.7 Å². The maximum atomic E-state index is 4.32. The predicted molar refractivity (Wildman–Crippen MR) is 49.9 cm³/mol. The molecule has 3 heteroatoms. The van der Waals surface area contributed by atoms with Crippen molar-refractivity contribution in [2.24, 2.45) is 10.1 Å². The molecule has 1 heterocycles. The van der Waals surface area contributed by atoms with Gasteiger partial charge in [0.25, 0.3) is 0 Å². The third-order valence-corrected chi connectivity index (χ3v) is 1.65. The van der Waals surface area contributed by atoms with Crippen molar-refractivity contribution < 1.29 is 0 Å². The van der Waals surface area contributed by atoms with Crippen LogP contribution in [0.5, 0.6) is 0 Å². The van der Waals surface area contributed by atoms with Gasteiger partial charge in [-0.15, -0.1) is 0 Å². The lowest BCUT2D eigenvalue weighted by atomic mass is 10.2. The summed E-state index contributed by atoms with van der Waals surface area (Å²) in [6, 6.07) is 7.90. The number of amidine groups is 1. The molecule has 0 atom stereocenters. The maximum Gasteiger partial charge on any atom is 0.119 e. The van der Waals surface area contributed by atoms with Crippen LogP contribution in [0.2, 0.25) is 0 Å². The highest BCUT2D eigenvalue weighted by molar-refractivity contribution is 5.93.